The van der Waals surface area contributed by atoms with Crippen molar-refractivity contribution in [2.24, 2.45) is 0 Å². The summed E-state index contributed by atoms with van der Waals surface area (Å²) in [5, 5.41) is 3.63. The van der Waals surface area contributed by atoms with Crippen molar-refractivity contribution < 1.29 is 9.47 Å². The molecule has 3 heteroatoms. The Labute approximate surface area is 102 Å². The van der Waals surface area contributed by atoms with Crippen LogP contribution in [0.15, 0.2) is 24.3 Å². The van der Waals surface area contributed by atoms with Crippen molar-refractivity contribution in [2.75, 3.05) is 18.5 Å². The van der Waals surface area contributed by atoms with E-state index in [1.54, 1.807) is 0 Å². The molecule has 0 bridgehead atoms. The Hall–Kier alpha value is -1.06. The molecule has 0 aromatic heterocycles. The summed E-state index contributed by atoms with van der Waals surface area (Å²) in [4.78, 5) is 0. The topological polar surface area (TPSA) is 37.1 Å². The van der Waals surface area contributed by atoms with E-state index < -0.39 is 0 Å². The lowest BCUT2D eigenvalue weighted by Crippen LogP contribution is -2.24. The van der Waals surface area contributed by atoms with Gasteiger partial charge in [-0.3, -0.25) is 0 Å². The molecule has 0 aliphatic carbocycles. The molecule has 2 heterocycles. The third kappa shape index (κ3) is 3.20. The lowest BCUT2D eigenvalue weighted by molar-refractivity contribution is 0.353. The second kappa shape index (κ2) is 4.67. The summed E-state index contributed by atoms with van der Waals surface area (Å²) in [6.07, 6.45) is 3.12. The summed E-state index contributed by atoms with van der Waals surface area (Å²) in [6.45, 7) is 4.00. The number of nitrogens with one attached hydrogen (secondary N) is 1. The molecule has 2 aliphatic heterocycles. The van der Waals surface area contributed by atoms with E-state index in [-0.39, 0.29) is 0 Å². The van der Waals surface area contributed by atoms with Crippen molar-refractivity contribution in [1.82, 2.24) is 0 Å². The summed E-state index contributed by atoms with van der Waals surface area (Å²) in [6, 6.07) is 8.90. The highest BCUT2D eigenvalue weighted by atomic mass is 16.6. The minimum Gasteiger partial charge on any atom is -0.382 e. The number of epoxide rings is 2. The Kier molecular flexibility index (Phi) is 3.04. The van der Waals surface area contributed by atoms with Gasteiger partial charge >= 0.3 is 0 Å². The number of hydrogen-bond acceptors (Lipinski definition) is 3. The molecular weight excluding hydrogens is 214 g/mol. The van der Waals surface area contributed by atoms with Crippen LogP contribution in [0.25, 0.3) is 0 Å². The molecule has 92 valence electrons. The minimum absolute atomic E-state index is 0.468. The predicted molar refractivity (Wildman–Crippen MR) is 67.3 cm³/mol. The molecule has 1 N–H and O–H groups in total. The molecule has 2 unspecified atom stereocenters. The summed E-state index contributed by atoms with van der Waals surface area (Å²) < 4.78 is 10.7. The Bertz CT molecular complexity index is 372. The Morgan fingerprint density at radius 1 is 1.18 bits per heavy atom. The zero-order valence-corrected chi connectivity index (χ0v) is 10.2. The highest BCUT2D eigenvalue weighted by Gasteiger charge is 2.32. The molecule has 2 fully saturated rings. The van der Waals surface area contributed by atoms with E-state index in [9.17, 15) is 0 Å². The average Bonchev–Trinajstić information content (AvgIpc) is 3.17. The van der Waals surface area contributed by atoms with Crippen LogP contribution in [0.2, 0.25) is 0 Å². The number of anilines is 1. The van der Waals surface area contributed by atoms with Crippen LogP contribution in [0.1, 0.15) is 18.4 Å². The lowest BCUT2D eigenvalue weighted by Gasteiger charge is -2.19. The van der Waals surface area contributed by atoms with Crippen molar-refractivity contribution in [3.63, 3.8) is 0 Å². The fourth-order valence-electron chi connectivity index (χ4n) is 2.21. The fraction of sp³-hybridized carbons (Fsp3) is 0.571. The first-order valence-electron chi connectivity index (χ1n) is 6.36. The zero-order chi connectivity index (χ0) is 11.7. The maximum absolute atomic E-state index is 5.33. The van der Waals surface area contributed by atoms with Crippen LogP contribution < -0.4 is 5.32 Å². The smallest absolute Gasteiger partial charge is 0.0829 e. The quantitative estimate of drug-likeness (QED) is 0.766. The maximum atomic E-state index is 5.33. The van der Waals surface area contributed by atoms with Gasteiger partial charge in [0.1, 0.15) is 0 Å². The van der Waals surface area contributed by atoms with E-state index >= 15 is 0 Å². The van der Waals surface area contributed by atoms with Crippen LogP contribution >= 0.6 is 0 Å². The van der Waals surface area contributed by atoms with Gasteiger partial charge in [-0.1, -0.05) is 18.2 Å². The molecule has 3 rings (SSSR count). The van der Waals surface area contributed by atoms with Crippen LogP contribution in [0.5, 0.6) is 0 Å². The number of aryl methyl sites for hydroxylation is 1. The van der Waals surface area contributed by atoms with Gasteiger partial charge in [0.05, 0.1) is 25.4 Å². The summed E-state index contributed by atoms with van der Waals surface area (Å²) >= 11 is 0. The van der Waals surface area contributed by atoms with Gasteiger partial charge in [0.15, 0.2) is 0 Å². The first kappa shape index (κ1) is 11.1. The molecule has 1 aromatic rings. The van der Waals surface area contributed by atoms with Crippen molar-refractivity contribution in [1.29, 1.82) is 0 Å². The lowest BCUT2D eigenvalue weighted by atomic mass is 10.0. The molecular formula is C14H19NO2. The second-order valence-electron chi connectivity index (χ2n) is 5.04. The number of rotatable bonds is 6. The number of benzene rings is 1. The van der Waals surface area contributed by atoms with Gasteiger partial charge in [-0.15, -0.1) is 0 Å². The van der Waals surface area contributed by atoms with Crippen molar-refractivity contribution in [3.8, 4) is 0 Å². The highest BCUT2D eigenvalue weighted by molar-refractivity contribution is 5.51. The van der Waals surface area contributed by atoms with Crippen molar-refractivity contribution in [2.45, 2.75) is 38.0 Å². The SMILES string of the molecule is Cc1ccccc1NC(CC1CO1)CC1CO1. The standard InChI is InChI=1S/C14H19NO2/c1-10-4-2-3-5-14(10)15-11(6-12-8-16-12)7-13-9-17-13/h2-5,11-13,15H,6-9H2,1H3. The van der Waals surface area contributed by atoms with E-state index in [0.29, 0.717) is 18.2 Å². The maximum Gasteiger partial charge on any atom is 0.0829 e. The zero-order valence-electron chi connectivity index (χ0n) is 10.2. The van der Waals surface area contributed by atoms with Gasteiger partial charge < -0.3 is 14.8 Å². The molecule has 0 amide bonds. The summed E-state index contributed by atoms with van der Waals surface area (Å²) in [5.41, 5.74) is 2.53. The average molecular weight is 233 g/mol. The molecule has 1 aromatic carbocycles. The van der Waals surface area contributed by atoms with Crippen LogP contribution in [-0.2, 0) is 9.47 Å². The highest BCUT2D eigenvalue weighted by Crippen LogP contribution is 2.26. The van der Waals surface area contributed by atoms with Gasteiger partial charge in [-0.2, -0.15) is 0 Å². The largest absolute Gasteiger partial charge is 0.382 e. The van der Waals surface area contributed by atoms with Gasteiger partial charge in [0.25, 0.3) is 0 Å². The molecule has 0 spiro atoms. The summed E-state index contributed by atoms with van der Waals surface area (Å²) in [7, 11) is 0. The summed E-state index contributed by atoms with van der Waals surface area (Å²) in [5.74, 6) is 0. The minimum atomic E-state index is 0.468. The molecule has 3 nitrogen and oxygen atoms in total. The molecule has 2 saturated heterocycles. The van der Waals surface area contributed by atoms with Crippen LogP contribution in [0, 0.1) is 6.92 Å². The molecule has 2 aliphatic rings. The fourth-order valence-corrected chi connectivity index (χ4v) is 2.21. The van der Waals surface area contributed by atoms with E-state index in [2.05, 4.69) is 36.5 Å². The third-order valence-electron chi connectivity index (χ3n) is 3.40. The predicted octanol–water partition coefficient (Wildman–Crippen LogP) is 2.35. The monoisotopic (exact) mass is 233 g/mol. The van der Waals surface area contributed by atoms with Gasteiger partial charge in [0, 0.05) is 11.7 Å². The van der Waals surface area contributed by atoms with Crippen molar-refractivity contribution >= 4 is 5.69 Å². The Morgan fingerprint density at radius 2 is 1.76 bits per heavy atom. The van der Waals surface area contributed by atoms with E-state index in [4.69, 9.17) is 9.47 Å². The molecule has 0 radical (unpaired) electrons. The van der Waals surface area contributed by atoms with Crippen molar-refractivity contribution in [3.05, 3.63) is 29.8 Å². The molecule has 17 heavy (non-hydrogen) atoms. The van der Waals surface area contributed by atoms with Gasteiger partial charge in [-0.05, 0) is 31.4 Å². The first-order valence-corrected chi connectivity index (χ1v) is 6.36. The normalized spacial score (nSPS) is 27.6. The van der Waals surface area contributed by atoms with Gasteiger partial charge in [-0.25, -0.2) is 0 Å². The van der Waals surface area contributed by atoms with E-state index in [1.165, 1.54) is 11.3 Å². The van der Waals surface area contributed by atoms with E-state index in [0.717, 1.165) is 26.1 Å². The van der Waals surface area contributed by atoms with Gasteiger partial charge in [0.2, 0.25) is 0 Å². The number of ether oxygens (including phenoxy) is 2. The number of para-hydroxylation sites is 1. The Balaban J connectivity index is 1.63. The van der Waals surface area contributed by atoms with Crippen LogP contribution in [-0.4, -0.2) is 31.5 Å². The third-order valence-corrected chi connectivity index (χ3v) is 3.40. The molecule has 2 atom stereocenters. The first-order chi connectivity index (χ1) is 8.31. The molecule has 0 saturated carbocycles. The Morgan fingerprint density at radius 3 is 2.29 bits per heavy atom. The second-order valence-corrected chi connectivity index (χ2v) is 5.04. The van der Waals surface area contributed by atoms with Crippen LogP contribution in [0.4, 0.5) is 5.69 Å². The van der Waals surface area contributed by atoms with E-state index in [1.807, 2.05) is 0 Å². The van der Waals surface area contributed by atoms with Crippen LogP contribution in [0.3, 0.4) is 0 Å². The number of hydrogen-bond donors (Lipinski definition) is 1.